The third kappa shape index (κ3) is 7.44. The lowest BCUT2D eigenvalue weighted by Crippen LogP contribution is -2.01. The average molecular weight is 175 g/mol. The molecule has 0 fully saturated rings. The summed E-state index contributed by atoms with van der Waals surface area (Å²) in [5.74, 6) is 0. The van der Waals surface area contributed by atoms with Crippen molar-refractivity contribution in [2.75, 3.05) is 0 Å². The maximum absolute atomic E-state index is 11.1. The third-order valence-electron chi connectivity index (χ3n) is 0.391. The quantitative estimate of drug-likeness (QED) is 0.462. The number of hydrogen-bond acceptors (Lipinski definition) is 3. The molecule has 0 aromatic rings. The van der Waals surface area contributed by atoms with Crippen LogP contribution in [0, 0.1) is 0 Å². The first-order valence-corrected chi connectivity index (χ1v) is 2.92. The molecule has 1 atom stereocenters. The molecule has 7 heteroatoms. The molecule has 1 unspecified atom stereocenters. The summed E-state index contributed by atoms with van der Waals surface area (Å²) in [6, 6.07) is 0. The molecule has 0 aliphatic heterocycles. The Morgan fingerprint density at radius 2 is 2.00 bits per heavy atom. The van der Waals surface area contributed by atoms with Gasteiger partial charge in [-0.25, -0.2) is 4.21 Å². The van der Waals surface area contributed by atoms with Crippen molar-refractivity contribution in [3.63, 3.8) is 0 Å². The minimum absolute atomic E-state index is 0.0448. The number of halogens is 3. The monoisotopic (exact) mass is 175 g/mol. The van der Waals surface area contributed by atoms with E-state index in [1.807, 2.05) is 0 Å². The van der Waals surface area contributed by atoms with Crippen LogP contribution < -0.4 is 0 Å². The molecule has 0 heterocycles. The van der Waals surface area contributed by atoms with E-state index in [9.17, 15) is 21.9 Å². The smallest absolute Gasteiger partial charge is 0.412 e. The number of rotatable bonds is 2. The van der Waals surface area contributed by atoms with Gasteiger partial charge in [0.2, 0.25) is 0 Å². The molecule has 0 aromatic heterocycles. The Kier molecular flexibility index (Phi) is 3.37. The summed E-state index contributed by atoms with van der Waals surface area (Å²) in [5, 5.41) is 0. The molecule has 3 nitrogen and oxygen atoms in total. The van der Waals surface area contributed by atoms with Crippen LogP contribution in [0.25, 0.3) is 0 Å². The fourth-order valence-corrected chi connectivity index (χ4v) is 0.297. The Balaban J connectivity index is 3.67. The second-order valence-corrected chi connectivity index (χ2v) is 1.75. The first-order valence-electron chi connectivity index (χ1n) is 1.92. The van der Waals surface area contributed by atoms with Gasteiger partial charge in [0.05, 0.1) is 6.08 Å². The molecule has 0 aliphatic rings. The summed E-state index contributed by atoms with van der Waals surface area (Å²) in [6.45, 7) is 0. The van der Waals surface area contributed by atoms with E-state index in [4.69, 9.17) is 0 Å². The fourth-order valence-electron chi connectivity index (χ4n) is 0.150. The predicted octanol–water partition coefficient (Wildman–Crippen LogP) is 0.873. The third-order valence-corrected chi connectivity index (χ3v) is 0.659. The summed E-state index contributed by atoms with van der Waals surface area (Å²) in [5.41, 5.74) is 0. The maximum Gasteiger partial charge on any atom is 0.412 e. The average Bonchev–Trinajstić information content (AvgIpc) is 1.59. The van der Waals surface area contributed by atoms with Crippen LogP contribution in [0.15, 0.2) is 12.3 Å². The normalized spacial score (nSPS) is 15.6. The van der Waals surface area contributed by atoms with Crippen LogP contribution in [0.4, 0.5) is 13.2 Å². The van der Waals surface area contributed by atoms with E-state index < -0.39 is 17.5 Å². The summed E-state index contributed by atoms with van der Waals surface area (Å²) < 4.78 is 55.7. The summed E-state index contributed by atoms with van der Waals surface area (Å²) in [4.78, 5) is 0. The second-order valence-electron chi connectivity index (χ2n) is 1.14. The van der Waals surface area contributed by atoms with Crippen molar-refractivity contribution in [1.29, 1.82) is 0 Å². The van der Waals surface area contributed by atoms with Crippen molar-refractivity contribution in [3.8, 4) is 0 Å². The molecule has 0 aromatic carbocycles. The van der Waals surface area contributed by atoms with E-state index in [2.05, 4.69) is 4.18 Å². The van der Waals surface area contributed by atoms with Crippen molar-refractivity contribution in [1.82, 2.24) is 0 Å². The molecule has 0 bridgehead atoms. The molecular weight excluding hydrogens is 173 g/mol. The van der Waals surface area contributed by atoms with Crippen LogP contribution >= 0.6 is 0 Å². The highest BCUT2D eigenvalue weighted by atomic mass is 32.2. The standard InChI is InChI=1S/C3H3F3O3S/c4-3(5,6)1-2-9-10(7)8/h1-2H,(H,7,8)/p-1. The Hall–Kier alpha value is -0.560. The van der Waals surface area contributed by atoms with Crippen molar-refractivity contribution in [2.24, 2.45) is 0 Å². The van der Waals surface area contributed by atoms with Gasteiger partial charge in [-0.2, -0.15) is 13.2 Å². The van der Waals surface area contributed by atoms with E-state index in [0.717, 1.165) is 0 Å². The van der Waals surface area contributed by atoms with Crippen LogP contribution in [0.3, 0.4) is 0 Å². The van der Waals surface area contributed by atoms with Gasteiger partial charge in [-0.3, -0.25) is 0 Å². The molecule has 0 saturated heterocycles. The Morgan fingerprint density at radius 3 is 2.30 bits per heavy atom. The summed E-state index contributed by atoms with van der Waals surface area (Å²) >= 11 is -2.94. The fraction of sp³-hybridized carbons (Fsp3) is 0.333. The lowest BCUT2D eigenvalue weighted by Gasteiger charge is -2.01. The molecule has 0 rings (SSSR count). The minimum Gasteiger partial charge on any atom is -0.740 e. The summed E-state index contributed by atoms with van der Waals surface area (Å²) in [7, 11) is 0. The van der Waals surface area contributed by atoms with E-state index in [0.29, 0.717) is 0 Å². The number of alkyl halides is 3. The van der Waals surface area contributed by atoms with E-state index >= 15 is 0 Å². The molecule has 0 amide bonds. The highest BCUT2D eigenvalue weighted by Crippen LogP contribution is 2.15. The Labute approximate surface area is 57.0 Å². The van der Waals surface area contributed by atoms with Gasteiger partial charge in [-0.15, -0.1) is 0 Å². The van der Waals surface area contributed by atoms with Gasteiger partial charge in [0, 0.05) is 0 Å². The van der Waals surface area contributed by atoms with Gasteiger partial charge in [-0.05, 0) is 0 Å². The first-order chi connectivity index (χ1) is 4.42. The van der Waals surface area contributed by atoms with Crippen LogP contribution in [-0.4, -0.2) is 14.9 Å². The molecule has 10 heavy (non-hydrogen) atoms. The van der Waals surface area contributed by atoms with Crippen LogP contribution in [0.5, 0.6) is 0 Å². The number of allylic oxidation sites excluding steroid dienone is 1. The van der Waals surface area contributed by atoms with Gasteiger partial charge in [0.15, 0.2) is 0 Å². The topological polar surface area (TPSA) is 49.4 Å². The van der Waals surface area contributed by atoms with Gasteiger partial charge in [0.25, 0.3) is 0 Å². The lowest BCUT2D eigenvalue weighted by molar-refractivity contribution is -0.0808. The SMILES string of the molecule is O=S([O-])OC=CC(F)(F)F. The zero-order valence-corrected chi connectivity index (χ0v) is 5.24. The zero-order chi connectivity index (χ0) is 8.20. The second kappa shape index (κ2) is 3.57. The number of hydrogen-bond donors (Lipinski definition) is 0. The Morgan fingerprint density at radius 1 is 1.50 bits per heavy atom. The van der Waals surface area contributed by atoms with Gasteiger partial charge >= 0.3 is 6.18 Å². The maximum atomic E-state index is 11.1. The molecule has 0 spiro atoms. The van der Waals surface area contributed by atoms with Crippen molar-refractivity contribution in [3.05, 3.63) is 12.3 Å². The highest BCUT2D eigenvalue weighted by Gasteiger charge is 2.22. The van der Waals surface area contributed by atoms with Gasteiger partial charge < -0.3 is 8.74 Å². The molecular formula is C3H2F3O3S-. The van der Waals surface area contributed by atoms with E-state index in [1.54, 1.807) is 0 Å². The minimum atomic E-state index is -4.54. The first kappa shape index (κ1) is 9.44. The van der Waals surface area contributed by atoms with E-state index in [1.165, 1.54) is 0 Å². The van der Waals surface area contributed by atoms with E-state index in [-0.39, 0.29) is 12.3 Å². The van der Waals surface area contributed by atoms with Crippen LogP contribution in [0.1, 0.15) is 0 Å². The Bertz CT molecular complexity index is 152. The predicted molar refractivity (Wildman–Crippen MR) is 25.2 cm³/mol. The van der Waals surface area contributed by atoms with Crippen molar-refractivity contribution >= 4 is 11.4 Å². The molecule has 0 saturated carbocycles. The lowest BCUT2D eigenvalue weighted by atomic mass is 10.6. The molecule has 60 valence electrons. The molecule has 0 N–H and O–H groups in total. The molecule has 0 radical (unpaired) electrons. The van der Waals surface area contributed by atoms with Crippen LogP contribution in [-0.2, 0) is 15.5 Å². The largest absolute Gasteiger partial charge is 0.740 e. The van der Waals surface area contributed by atoms with Crippen molar-refractivity contribution < 1.29 is 26.1 Å². The highest BCUT2D eigenvalue weighted by molar-refractivity contribution is 7.74. The van der Waals surface area contributed by atoms with Gasteiger partial charge in [0.1, 0.15) is 17.6 Å². The van der Waals surface area contributed by atoms with Gasteiger partial charge in [-0.1, -0.05) is 0 Å². The summed E-state index contributed by atoms with van der Waals surface area (Å²) in [6.07, 6.45) is -4.83. The zero-order valence-electron chi connectivity index (χ0n) is 4.42. The van der Waals surface area contributed by atoms with Crippen LogP contribution in [0.2, 0.25) is 0 Å². The molecule has 0 aliphatic carbocycles. The van der Waals surface area contributed by atoms with Crippen molar-refractivity contribution in [2.45, 2.75) is 6.18 Å².